The molecular weight excluding hydrogens is 293 g/mol. The first-order chi connectivity index (χ1) is 7.57. The molecule has 0 bridgehead atoms. The van der Waals surface area contributed by atoms with Crippen LogP contribution in [0.5, 0.6) is 0 Å². The summed E-state index contributed by atoms with van der Waals surface area (Å²) >= 11 is 10.4. The van der Waals surface area contributed by atoms with Crippen molar-refractivity contribution in [3.05, 3.63) is 33.8 Å². The predicted molar refractivity (Wildman–Crippen MR) is 51.0 cm³/mol. The molecule has 0 spiro atoms. The van der Waals surface area contributed by atoms with Crippen molar-refractivity contribution in [1.29, 1.82) is 0 Å². The molecule has 0 unspecified atom stereocenters. The van der Waals surface area contributed by atoms with Crippen molar-refractivity contribution in [3.8, 4) is 0 Å². The average Bonchev–Trinajstić information content (AvgIpc) is 2.12. The lowest BCUT2D eigenvalue weighted by atomic mass is 10.0. The van der Waals surface area contributed by atoms with Crippen LogP contribution in [0.2, 0.25) is 5.02 Å². The van der Waals surface area contributed by atoms with Crippen molar-refractivity contribution in [2.75, 3.05) is 0 Å². The van der Waals surface area contributed by atoms with E-state index in [1.165, 1.54) is 0 Å². The Morgan fingerprint density at radius 3 is 1.82 bits per heavy atom. The summed E-state index contributed by atoms with van der Waals surface area (Å²) in [5, 5.41) is -1.01. The largest absolute Gasteiger partial charge is 0.418 e. The van der Waals surface area contributed by atoms with Crippen LogP contribution in [0.25, 0.3) is 0 Å². The van der Waals surface area contributed by atoms with Gasteiger partial charge in [-0.15, -0.1) is 11.6 Å². The molecule has 0 aliphatic heterocycles. The van der Waals surface area contributed by atoms with Gasteiger partial charge in [0.25, 0.3) is 0 Å². The van der Waals surface area contributed by atoms with Gasteiger partial charge in [0.1, 0.15) is 0 Å². The maximum absolute atomic E-state index is 12.5. The van der Waals surface area contributed by atoms with E-state index in [4.69, 9.17) is 23.2 Å². The second kappa shape index (κ2) is 4.57. The van der Waals surface area contributed by atoms with Crippen LogP contribution in [0.4, 0.5) is 26.3 Å². The zero-order valence-electron chi connectivity index (χ0n) is 7.89. The maximum Gasteiger partial charge on any atom is 0.418 e. The van der Waals surface area contributed by atoms with Crippen molar-refractivity contribution in [3.63, 3.8) is 0 Å². The molecule has 0 aliphatic carbocycles. The van der Waals surface area contributed by atoms with Crippen LogP contribution in [-0.4, -0.2) is 0 Å². The van der Waals surface area contributed by atoms with Crippen LogP contribution in [-0.2, 0) is 18.2 Å². The van der Waals surface area contributed by atoms with Crippen LogP contribution in [0.15, 0.2) is 12.1 Å². The third kappa shape index (κ3) is 3.19. The van der Waals surface area contributed by atoms with Gasteiger partial charge in [-0.25, -0.2) is 0 Å². The minimum Gasteiger partial charge on any atom is -0.166 e. The van der Waals surface area contributed by atoms with Crippen LogP contribution < -0.4 is 0 Å². The summed E-state index contributed by atoms with van der Waals surface area (Å²) in [7, 11) is 0. The zero-order chi connectivity index (χ0) is 13.4. The molecule has 0 amide bonds. The minimum atomic E-state index is -4.84. The van der Waals surface area contributed by atoms with Gasteiger partial charge in [-0.1, -0.05) is 11.6 Å². The van der Waals surface area contributed by atoms with E-state index in [0.29, 0.717) is 6.07 Å². The third-order valence-corrected chi connectivity index (χ3v) is 2.51. The average molecular weight is 297 g/mol. The van der Waals surface area contributed by atoms with Gasteiger partial charge in [-0.3, -0.25) is 0 Å². The van der Waals surface area contributed by atoms with E-state index in [0.717, 1.165) is 0 Å². The van der Waals surface area contributed by atoms with Crippen LogP contribution in [0, 0.1) is 0 Å². The first kappa shape index (κ1) is 14.4. The molecule has 0 atom stereocenters. The Bertz CT molecular complexity index is 421. The second-order valence-corrected chi connectivity index (χ2v) is 3.80. The second-order valence-electron chi connectivity index (χ2n) is 3.12. The summed E-state index contributed by atoms with van der Waals surface area (Å²) in [6.45, 7) is 0. The van der Waals surface area contributed by atoms with E-state index < -0.39 is 39.9 Å². The van der Waals surface area contributed by atoms with Gasteiger partial charge in [-0.05, 0) is 17.7 Å². The molecule has 0 nitrogen and oxygen atoms in total. The van der Waals surface area contributed by atoms with E-state index in [1.807, 2.05) is 0 Å². The van der Waals surface area contributed by atoms with Gasteiger partial charge in [0.15, 0.2) is 0 Å². The van der Waals surface area contributed by atoms with Crippen LogP contribution in [0.1, 0.15) is 16.7 Å². The number of halogens is 8. The van der Waals surface area contributed by atoms with E-state index >= 15 is 0 Å². The minimum absolute atomic E-state index is 0.237. The Balaban J connectivity index is 3.47. The van der Waals surface area contributed by atoms with E-state index in [2.05, 4.69) is 0 Å². The number of hydrogen-bond acceptors (Lipinski definition) is 0. The molecule has 8 heteroatoms. The third-order valence-electron chi connectivity index (χ3n) is 1.93. The van der Waals surface area contributed by atoms with Crippen molar-refractivity contribution < 1.29 is 26.3 Å². The molecular formula is C9H4Cl2F6. The SMILES string of the molecule is FC(F)(F)c1cc(Cl)c(C(F)(F)F)c(CCl)c1. The molecule has 96 valence electrons. The van der Waals surface area contributed by atoms with Gasteiger partial charge < -0.3 is 0 Å². The number of rotatable bonds is 1. The molecule has 0 saturated heterocycles. The molecule has 0 N–H and O–H groups in total. The van der Waals surface area contributed by atoms with Crippen LogP contribution in [0.3, 0.4) is 0 Å². The topological polar surface area (TPSA) is 0 Å². The summed E-state index contributed by atoms with van der Waals surface area (Å²) in [5.74, 6) is -0.710. The van der Waals surface area contributed by atoms with E-state index in [-0.39, 0.29) is 6.07 Å². The standard InChI is InChI=1S/C9H4Cl2F6/c10-3-4-1-5(8(12,13)14)2-6(11)7(4)9(15,16)17/h1-2H,3H2. The van der Waals surface area contributed by atoms with Gasteiger partial charge in [0.05, 0.1) is 16.1 Å². The Labute approximate surface area is 102 Å². The molecule has 0 radical (unpaired) electrons. The Morgan fingerprint density at radius 1 is 0.941 bits per heavy atom. The normalized spacial score (nSPS) is 12.9. The van der Waals surface area contributed by atoms with Gasteiger partial charge >= 0.3 is 12.4 Å². The lowest BCUT2D eigenvalue weighted by Gasteiger charge is -2.16. The number of hydrogen-bond donors (Lipinski definition) is 0. The quantitative estimate of drug-likeness (QED) is 0.499. The Morgan fingerprint density at radius 2 is 1.47 bits per heavy atom. The number of benzene rings is 1. The highest BCUT2D eigenvalue weighted by molar-refractivity contribution is 6.31. The van der Waals surface area contributed by atoms with Crippen molar-refractivity contribution in [2.45, 2.75) is 18.2 Å². The molecule has 0 aliphatic rings. The molecule has 1 aromatic rings. The molecule has 0 heterocycles. The molecule has 0 fully saturated rings. The van der Waals surface area contributed by atoms with E-state index in [1.54, 1.807) is 0 Å². The highest BCUT2D eigenvalue weighted by Crippen LogP contribution is 2.41. The monoisotopic (exact) mass is 296 g/mol. The summed E-state index contributed by atoms with van der Waals surface area (Å²) in [6.07, 6.45) is -9.61. The summed E-state index contributed by atoms with van der Waals surface area (Å²) in [4.78, 5) is 0. The van der Waals surface area contributed by atoms with Gasteiger partial charge in [0, 0.05) is 5.88 Å². The smallest absolute Gasteiger partial charge is 0.166 e. The van der Waals surface area contributed by atoms with E-state index in [9.17, 15) is 26.3 Å². The molecule has 1 rings (SSSR count). The molecule has 0 saturated carbocycles. The first-order valence-corrected chi connectivity index (χ1v) is 5.01. The lowest BCUT2D eigenvalue weighted by molar-refractivity contribution is -0.141. The molecule has 0 aromatic heterocycles. The number of alkyl halides is 7. The van der Waals surface area contributed by atoms with Gasteiger partial charge in [0.2, 0.25) is 0 Å². The molecule has 1 aromatic carbocycles. The Kier molecular flexibility index (Phi) is 3.88. The fourth-order valence-electron chi connectivity index (χ4n) is 1.25. The highest BCUT2D eigenvalue weighted by Gasteiger charge is 2.39. The summed E-state index contributed by atoms with van der Waals surface area (Å²) < 4.78 is 74.5. The fourth-order valence-corrected chi connectivity index (χ4v) is 1.81. The van der Waals surface area contributed by atoms with Crippen molar-refractivity contribution in [2.24, 2.45) is 0 Å². The summed E-state index contributed by atoms with van der Waals surface area (Å²) in [6, 6.07) is 0.585. The zero-order valence-corrected chi connectivity index (χ0v) is 9.40. The first-order valence-electron chi connectivity index (χ1n) is 4.10. The van der Waals surface area contributed by atoms with Crippen molar-refractivity contribution in [1.82, 2.24) is 0 Å². The fraction of sp³-hybridized carbons (Fsp3) is 0.333. The van der Waals surface area contributed by atoms with Crippen molar-refractivity contribution >= 4 is 23.2 Å². The van der Waals surface area contributed by atoms with Crippen LogP contribution >= 0.6 is 23.2 Å². The highest BCUT2D eigenvalue weighted by atomic mass is 35.5. The summed E-state index contributed by atoms with van der Waals surface area (Å²) in [5.41, 5.74) is -3.28. The maximum atomic E-state index is 12.5. The Hall–Kier alpha value is -0.620. The lowest BCUT2D eigenvalue weighted by Crippen LogP contribution is -2.13. The van der Waals surface area contributed by atoms with Gasteiger partial charge in [-0.2, -0.15) is 26.3 Å². The molecule has 17 heavy (non-hydrogen) atoms. The predicted octanol–water partition coefficient (Wildman–Crippen LogP) is 5.12.